The van der Waals surface area contributed by atoms with Crippen LogP contribution < -0.4 is 0 Å². The fraction of sp³-hybridized carbons (Fsp3) is 0.429. The molecule has 3 rings (SSSR count). The molecule has 0 bridgehead atoms. The summed E-state index contributed by atoms with van der Waals surface area (Å²) >= 11 is 5.76. The lowest BCUT2D eigenvalue weighted by molar-refractivity contribution is -0.185. The van der Waals surface area contributed by atoms with E-state index in [0.29, 0.717) is 12.0 Å². The first kappa shape index (κ1) is 24.5. The van der Waals surface area contributed by atoms with Crippen LogP contribution in [0.1, 0.15) is 41.6 Å². The van der Waals surface area contributed by atoms with Gasteiger partial charge in [-0.25, -0.2) is 18.2 Å². The molecule has 1 aliphatic carbocycles. The maximum Gasteiger partial charge on any atom is 0.391 e. The van der Waals surface area contributed by atoms with Crippen molar-refractivity contribution >= 4 is 27.6 Å². The maximum absolute atomic E-state index is 13.4. The average Bonchev–Trinajstić information content (AvgIpc) is 2.77. The zero-order chi connectivity index (χ0) is 23.5. The molecule has 1 aliphatic rings. The highest BCUT2D eigenvalue weighted by Crippen LogP contribution is 2.40. The monoisotopic (exact) mass is 490 g/mol. The number of esters is 1. The minimum atomic E-state index is -4.39. The van der Waals surface area contributed by atoms with Crippen molar-refractivity contribution in [3.63, 3.8) is 0 Å². The van der Waals surface area contributed by atoms with Crippen LogP contribution in [0.3, 0.4) is 0 Å². The normalized spacial score (nSPS) is 19.7. The van der Waals surface area contributed by atoms with E-state index in [1.54, 1.807) is 12.1 Å². The molecule has 0 aliphatic heterocycles. The third-order valence-corrected chi connectivity index (χ3v) is 7.64. The Labute approximate surface area is 189 Å². The molecule has 2 unspecified atom stereocenters. The van der Waals surface area contributed by atoms with E-state index >= 15 is 0 Å². The van der Waals surface area contributed by atoms with Gasteiger partial charge in [0.1, 0.15) is 10.0 Å². The van der Waals surface area contributed by atoms with E-state index < -0.39 is 34.1 Å². The molecule has 174 valence electrons. The van der Waals surface area contributed by atoms with Crippen LogP contribution in [0.4, 0.5) is 13.2 Å². The summed E-state index contributed by atoms with van der Waals surface area (Å²) in [5.41, 5.74) is 0.805. The minimum absolute atomic E-state index is 0.0236. The molecule has 1 aromatic carbocycles. The fourth-order valence-electron chi connectivity index (χ4n) is 3.83. The van der Waals surface area contributed by atoms with E-state index in [9.17, 15) is 26.4 Å². The van der Waals surface area contributed by atoms with Crippen molar-refractivity contribution < 1.29 is 31.1 Å². The molecule has 2 aromatic rings. The summed E-state index contributed by atoms with van der Waals surface area (Å²) in [7, 11) is -2.92. The van der Waals surface area contributed by atoms with Gasteiger partial charge in [-0.05, 0) is 49.1 Å². The number of pyridine rings is 1. The number of nitrogens with zero attached hydrogens (tertiary/aromatic N) is 2. The Morgan fingerprint density at radius 2 is 1.88 bits per heavy atom. The van der Waals surface area contributed by atoms with E-state index in [1.165, 1.54) is 31.4 Å². The Bertz CT molecular complexity index is 1040. The molecule has 32 heavy (non-hydrogen) atoms. The van der Waals surface area contributed by atoms with Crippen LogP contribution in [0.2, 0.25) is 5.15 Å². The second-order valence-corrected chi connectivity index (χ2v) is 9.89. The number of ether oxygens (including phenoxy) is 1. The Hall–Kier alpha value is -2.17. The third-order valence-electron chi connectivity index (χ3n) is 5.54. The molecule has 6 nitrogen and oxygen atoms in total. The molecule has 0 radical (unpaired) electrons. The van der Waals surface area contributed by atoms with Crippen molar-refractivity contribution in [2.75, 3.05) is 7.11 Å². The molecular weight excluding hydrogens is 469 g/mol. The van der Waals surface area contributed by atoms with Crippen LogP contribution in [0.15, 0.2) is 47.5 Å². The van der Waals surface area contributed by atoms with E-state index in [0.717, 1.165) is 10.5 Å². The smallest absolute Gasteiger partial charge is 0.391 e. The molecule has 1 saturated carbocycles. The van der Waals surface area contributed by atoms with Crippen molar-refractivity contribution in [3.8, 4) is 0 Å². The molecule has 1 fully saturated rings. The number of hydrogen-bond acceptors (Lipinski definition) is 5. The van der Waals surface area contributed by atoms with Gasteiger partial charge in [-0.3, -0.25) is 0 Å². The van der Waals surface area contributed by atoms with Crippen LogP contribution >= 0.6 is 11.6 Å². The second-order valence-electron chi connectivity index (χ2n) is 7.61. The predicted octanol–water partition coefficient (Wildman–Crippen LogP) is 4.83. The Morgan fingerprint density at radius 1 is 1.19 bits per heavy atom. The zero-order valence-corrected chi connectivity index (χ0v) is 18.8. The van der Waals surface area contributed by atoms with Gasteiger partial charge in [0.2, 0.25) is 10.0 Å². The molecule has 0 amide bonds. The molecular formula is C21H22ClF3N2O4S. The Morgan fingerprint density at radius 3 is 2.44 bits per heavy atom. The largest absolute Gasteiger partial charge is 0.465 e. The standard InChI is InChI=1S/C21H22ClF3N2O4S/c1-31-20(28)15-7-5-14(6-8-15)13-27(17-4-2-3-16(11-17)21(23,24)25)32(29,30)18-9-10-19(22)26-12-18/h5-10,12,16-17H,2-4,11,13H2,1H3. The number of carbonyl (C=O) groups excluding carboxylic acids is 1. The van der Waals surface area contributed by atoms with Gasteiger partial charge < -0.3 is 4.74 Å². The molecule has 2 atom stereocenters. The van der Waals surface area contributed by atoms with Crippen molar-refractivity contribution in [3.05, 3.63) is 58.9 Å². The van der Waals surface area contributed by atoms with Crippen LogP contribution in [-0.2, 0) is 21.3 Å². The predicted molar refractivity (Wildman–Crippen MR) is 112 cm³/mol. The third kappa shape index (κ3) is 5.60. The topological polar surface area (TPSA) is 76.6 Å². The molecule has 1 heterocycles. The number of hydrogen-bond donors (Lipinski definition) is 0. The lowest BCUT2D eigenvalue weighted by Crippen LogP contribution is -2.44. The summed E-state index contributed by atoms with van der Waals surface area (Å²) in [4.78, 5) is 15.3. The molecule has 1 aromatic heterocycles. The van der Waals surface area contributed by atoms with E-state index in [4.69, 9.17) is 11.6 Å². The van der Waals surface area contributed by atoms with Crippen molar-refractivity contribution in [2.24, 2.45) is 5.92 Å². The summed E-state index contributed by atoms with van der Waals surface area (Å²) in [6.07, 6.45) is -3.06. The number of carbonyl (C=O) groups is 1. The summed E-state index contributed by atoms with van der Waals surface area (Å²) in [5.74, 6) is -2.11. The fourth-order valence-corrected chi connectivity index (χ4v) is 5.54. The number of alkyl halides is 3. The molecule has 0 saturated heterocycles. The van der Waals surface area contributed by atoms with Gasteiger partial charge in [-0.15, -0.1) is 0 Å². The second kappa shape index (κ2) is 9.76. The van der Waals surface area contributed by atoms with Crippen molar-refractivity contribution in [2.45, 2.75) is 49.3 Å². The lowest BCUT2D eigenvalue weighted by atomic mass is 9.85. The highest BCUT2D eigenvalue weighted by atomic mass is 35.5. The van der Waals surface area contributed by atoms with Crippen LogP contribution in [0.5, 0.6) is 0 Å². The van der Waals surface area contributed by atoms with Crippen molar-refractivity contribution in [1.29, 1.82) is 0 Å². The van der Waals surface area contributed by atoms with Gasteiger partial charge in [-0.1, -0.05) is 30.2 Å². The van der Waals surface area contributed by atoms with Gasteiger partial charge >= 0.3 is 12.1 Å². The van der Waals surface area contributed by atoms with E-state index in [2.05, 4.69) is 9.72 Å². The zero-order valence-electron chi connectivity index (χ0n) is 17.2. The van der Waals surface area contributed by atoms with E-state index in [-0.39, 0.29) is 41.4 Å². The summed E-state index contributed by atoms with van der Waals surface area (Å²) in [6, 6.07) is 7.83. The number of benzene rings is 1. The summed E-state index contributed by atoms with van der Waals surface area (Å²) < 4.78 is 72.7. The summed E-state index contributed by atoms with van der Waals surface area (Å²) in [5, 5.41) is 0.101. The van der Waals surface area contributed by atoms with Gasteiger partial charge in [0.05, 0.1) is 18.6 Å². The van der Waals surface area contributed by atoms with Crippen LogP contribution in [-0.4, -0.2) is 43.0 Å². The Kier molecular flexibility index (Phi) is 7.46. The van der Waals surface area contributed by atoms with Crippen molar-refractivity contribution in [1.82, 2.24) is 9.29 Å². The highest BCUT2D eigenvalue weighted by Gasteiger charge is 2.45. The number of halogens is 4. The highest BCUT2D eigenvalue weighted by molar-refractivity contribution is 7.89. The average molecular weight is 491 g/mol. The van der Waals surface area contributed by atoms with Gasteiger partial charge in [-0.2, -0.15) is 17.5 Å². The molecule has 0 spiro atoms. The SMILES string of the molecule is COC(=O)c1ccc(CN(C2CCCC(C(F)(F)F)C2)S(=O)(=O)c2ccc(Cl)nc2)cc1. The first-order valence-electron chi connectivity index (χ1n) is 9.89. The first-order valence-corrected chi connectivity index (χ1v) is 11.7. The number of rotatable bonds is 6. The lowest BCUT2D eigenvalue weighted by Gasteiger charge is -2.37. The van der Waals surface area contributed by atoms with Gasteiger partial charge in [0.15, 0.2) is 0 Å². The van der Waals surface area contributed by atoms with Crippen LogP contribution in [0.25, 0.3) is 0 Å². The maximum atomic E-state index is 13.4. The minimum Gasteiger partial charge on any atom is -0.465 e. The van der Waals surface area contributed by atoms with E-state index in [1.807, 2.05) is 0 Å². The number of sulfonamides is 1. The van der Waals surface area contributed by atoms with Gasteiger partial charge in [0, 0.05) is 18.8 Å². The molecule has 11 heteroatoms. The summed E-state index contributed by atoms with van der Waals surface area (Å²) in [6.45, 7) is -0.151. The quantitative estimate of drug-likeness (QED) is 0.428. The van der Waals surface area contributed by atoms with Crippen LogP contribution in [0, 0.1) is 5.92 Å². The molecule has 0 N–H and O–H groups in total. The first-order chi connectivity index (χ1) is 15.0. The number of methoxy groups -OCH3 is 1. The number of aromatic nitrogens is 1. The van der Waals surface area contributed by atoms with Gasteiger partial charge in [0.25, 0.3) is 0 Å². The Balaban J connectivity index is 1.95.